The normalized spacial score (nSPS) is 14.3. The molecule has 2 aromatic rings. The monoisotopic (exact) mass is 330 g/mol. The number of benzene rings is 2. The highest BCUT2D eigenvalue weighted by Gasteiger charge is 2.16. The maximum atomic E-state index is 13.5. The van der Waals surface area contributed by atoms with Gasteiger partial charge in [0.2, 0.25) is 0 Å². The number of urea groups is 1. The van der Waals surface area contributed by atoms with Crippen molar-refractivity contribution in [3.8, 4) is 5.75 Å². The number of morpholine rings is 1. The molecule has 0 atom stereocenters. The fourth-order valence-electron chi connectivity index (χ4n) is 2.38. The van der Waals surface area contributed by atoms with E-state index in [1.165, 1.54) is 6.07 Å². The summed E-state index contributed by atoms with van der Waals surface area (Å²) >= 11 is 0. The van der Waals surface area contributed by atoms with Gasteiger partial charge in [-0.1, -0.05) is 18.2 Å². The van der Waals surface area contributed by atoms with Crippen LogP contribution in [0.3, 0.4) is 0 Å². The zero-order chi connectivity index (χ0) is 16.8. The molecule has 0 spiro atoms. The predicted molar refractivity (Wildman–Crippen MR) is 88.6 cm³/mol. The average Bonchev–Trinajstić information content (AvgIpc) is 2.63. The lowest BCUT2D eigenvalue weighted by Crippen LogP contribution is -2.43. The number of anilines is 1. The third-order valence-electron chi connectivity index (χ3n) is 3.76. The zero-order valence-electron chi connectivity index (χ0n) is 13.2. The number of amides is 2. The summed E-state index contributed by atoms with van der Waals surface area (Å²) in [6.07, 6.45) is 0. The van der Waals surface area contributed by atoms with Crippen LogP contribution in [0.5, 0.6) is 5.75 Å². The van der Waals surface area contributed by atoms with Crippen molar-refractivity contribution >= 4 is 11.7 Å². The number of nitrogens with one attached hydrogen (secondary N) is 1. The summed E-state index contributed by atoms with van der Waals surface area (Å²) in [5.74, 6) is 0.328. The van der Waals surface area contributed by atoms with Gasteiger partial charge in [0, 0.05) is 24.3 Å². The molecule has 1 saturated heterocycles. The minimum Gasteiger partial charge on any atom is -0.489 e. The van der Waals surface area contributed by atoms with Crippen molar-refractivity contribution in [1.29, 1.82) is 0 Å². The molecule has 2 amide bonds. The molecule has 1 fully saturated rings. The number of ether oxygens (including phenoxy) is 2. The molecule has 24 heavy (non-hydrogen) atoms. The molecular weight excluding hydrogens is 311 g/mol. The number of rotatable bonds is 4. The van der Waals surface area contributed by atoms with Crippen LogP contribution in [0.15, 0.2) is 48.5 Å². The summed E-state index contributed by atoms with van der Waals surface area (Å²) in [6, 6.07) is 13.4. The molecule has 0 aliphatic carbocycles. The van der Waals surface area contributed by atoms with Crippen LogP contribution in [-0.2, 0) is 11.3 Å². The number of hydrogen-bond donors (Lipinski definition) is 1. The zero-order valence-corrected chi connectivity index (χ0v) is 13.2. The Hall–Kier alpha value is -2.60. The maximum absolute atomic E-state index is 13.5. The molecule has 0 aromatic heterocycles. The summed E-state index contributed by atoms with van der Waals surface area (Å²) in [4.78, 5) is 13.8. The summed E-state index contributed by atoms with van der Waals surface area (Å²) in [6.45, 7) is 2.48. The average molecular weight is 330 g/mol. The number of carbonyl (C=O) groups excluding carboxylic acids is 1. The molecule has 0 saturated carbocycles. The minimum atomic E-state index is -0.285. The molecule has 5 nitrogen and oxygen atoms in total. The number of halogens is 1. The van der Waals surface area contributed by atoms with Crippen LogP contribution in [0, 0.1) is 5.82 Å². The summed E-state index contributed by atoms with van der Waals surface area (Å²) in [5, 5.41) is 2.84. The second-order valence-electron chi connectivity index (χ2n) is 5.43. The van der Waals surface area contributed by atoms with Gasteiger partial charge in [-0.05, 0) is 30.3 Å². The van der Waals surface area contributed by atoms with Gasteiger partial charge in [-0.15, -0.1) is 0 Å². The first-order chi connectivity index (χ1) is 11.7. The number of nitrogens with zero attached hydrogens (tertiary/aromatic N) is 1. The molecule has 0 bridgehead atoms. The van der Waals surface area contributed by atoms with Crippen LogP contribution in [0.1, 0.15) is 5.56 Å². The summed E-state index contributed by atoms with van der Waals surface area (Å²) in [7, 11) is 0. The lowest BCUT2D eigenvalue weighted by Gasteiger charge is -2.26. The first-order valence-electron chi connectivity index (χ1n) is 7.82. The molecule has 1 N–H and O–H groups in total. The van der Waals surface area contributed by atoms with Crippen LogP contribution >= 0.6 is 0 Å². The van der Waals surface area contributed by atoms with Gasteiger partial charge in [-0.2, -0.15) is 0 Å². The molecule has 2 aromatic carbocycles. The molecule has 1 aliphatic rings. The SMILES string of the molecule is O=C(Nc1ccc(OCc2ccccc2F)cc1)N1CCOCC1. The topological polar surface area (TPSA) is 50.8 Å². The van der Waals surface area contributed by atoms with Crippen molar-refractivity contribution in [3.05, 3.63) is 59.9 Å². The molecule has 3 rings (SSSR count). The Kier molecular flexibility index (Phi) is 5.28. The van der Waals surface area contributed by atoms with Crippen molar-refractivity contribution < 1.29 is 18.7 Å². The summed E-state index contributed by atoms with van der Waals surface area (Å²) in [5.41, 5.74) is 1.19. The molecule has 0 unspecified atom stereocenters. The van der Waals surface area contributed by atoms with Gasteiger partial charge < -0.3 is 19.7 Å². The third-order valence-corrected chi connectivity index (χ3v) is 3.76. The van der Waals surface area contributed by atoms with E-state index in [1.54, 1.807) is 47.4 Å². The van der Waals surface area contributed by atoms with E-state index in [4.69, 9.17) is 9.47 Å². The van der Waals surface area contributed by atoms with Crippen LogP contribution in [0.4, 0.5) is 14.9 Å². The van der Waals surface area contributed by atoms with E-state index in [9.17, 15) is 9.18 Å². The quantitative estimate of drug-likeness (QED) is 0.936. The Bertz CT molecular complexity index is 685. The molecule has 1 heterocycles. The van der Waals surface area contributed by atoms with E-state index >= 15 is 0 Å². The van der Waals surface area contributed by atoms with Gasteiger partial charge in [0.25, 0.3) is 0 Å². The Balaban J connectivity index is 1.53. The highest BCUT2D eigenvalue weighted by atomic mass is 19.1. The van der Waals surface area contributed by atoms with E-state index in [0.29, 0.717) is 43.3 Å². The Morgan fingerprint density at radius 3 is 2.54 bits per heavy atom. The summed E-state index contributed by atoms with van der Waals surface area (Å²) < 4.78 is 24.3. The Morgan fingerprint density at radius 2 is 1.83 bits per heavy atom. The predicted octanol–water partition coefficient (Wildman–Crippen LogP) is 3.27. The van der Waals surface area contributed by atoms with Crippen LogP contribution in [-0.4, -0.2) is 37.2 Å². The third kappa shape index (κ3) is 4.23. The van der Waals surface area contributed by atoms with Crippen molar-refractivity contribution in [2.45, 2.75) is 6.61 Å². The standard InChI is InChI=1S/C18H19FN2O3/c19-17-4-2-1-3-14(17)13-24-16-7-5-15(6-8-16)20-18(22)21-9-11-23-12-10-21/h1-8H,9-13H2,(H,20,22). The number of hydrogen-bond acceptors (Lipinski definition) is 3. The minimum absolute atomic E-state index is 0.140. The molecule has 0 radical (unpaired) electrons. The lowest BCUT2D eigenvalue weighted by molar-refractivity contribution is 0.0564. The van der Waals surface area contributed by atoms with Crippen LogP contribution in [0.2, 0.25) is 0 Å². The first-order valence-corrected chi connectivity index (χ1v) is 7.82. The van der Waals surface area contributed by atoms with Gasteiger partial charge >= 0.3 is 6.03 Å². The highest BCUT2D eigenvalue weighted by molar-refractivity contribution is 5.89. The van der Waals surface area contributed by atoms with Crippen molar-refractivity contribution in [1.82, 2.24) is 4.90 Å². The van der Waals surface area contributed by atoms with Crippen molar-refractivity contribution in [2.24, 2.45) is 0 Å². The van der Waals surface area contributed by atoms with E-state index in [-0.39, 0.29) is 18.5 Å². The second-order valence-corrected chi connectivity index (χ2v) is 5.43. The molecule has 126 valence electrons. The highest BCUT2D eigenvalue weighted by Crippen LogP contribution is 2.18. The van der Waals surface area contributed by atoms with Crippen LogP contribution < -0.4 is 10.1 Å². The van der Waals surface area contributed by atoms with E-state index in [0.717, 1.165) is 0 Å². The first kappa shape index (κ1) is 16.3. The second kappa shape index (κ2) is 7.79. The van der Waals surface area contributed by atoms with E-state index in [2.05, 4.69) is 5.32 Å². The van der Waals surface area contributed by atoms with Gasteiger partial charge in [-0.3, -0.25) is 0 Å². The number of carbonyl (C=O) groups is 1. The fraction of sp³-hybridized carbons (Fsp3) is 0.278. The van der Waals surface area contributed by atoms with Gasteiger partial charge in [0.05, 0.1) is 13.2 Å². The Labute approximate surface area is 140 Å². The molecule has 6 heteroatoms. The fourth-order valence-corrected chi connectivity index (χ4v) is 2.38. The lowest BCUT2D eigenvalue weighted by atomic mass is 10.2. The van der Waals surface area contributed by atoms with E-state index < -0.39 is 0 Å². The Morgan fingerprint density at radius 1 is 1.12 bits per heavy atom. The van der Waals surface area contributed by atoms with E-state index in [1.807, 2.05) is 0 Å². The maximum Gasteiger partial charge on any atom is 0.321 e. The van der Waals surface area contributed by atoms with Gasteiger partial charge in [0.15, 0.2) is 0 Å². The largest absolute Gasteiger partial charge is 0.489 e. The van der Waals surface area contributed by atoms with Crippen molar-refractivity contribution in [3.63, 3.8) is 0 Å². The van der Waals surface area contributed by atoms with Gasteiger partial charge in [-0.25, -0.2) is 9.18 Å². The smallest absolute Gasteiger partial charge is 0.321 e. The van der Waals surface area contributed by atoms with Crippen molar-refractivity contribution in [2.75, 3.05) is 31.6 Å². The van der Waals surface area contributed by atoms with Gasteiger partial charge in [0.1, 0.15) is 18.2 Å². The molecule has 1 aliphatic heterocycles. The van der Waals surface area contributed by atoms with Crippen LogP contribution in [0.25, 0.3) is 0 Å². The molecular formula is C18H19FN2O3.